The Hall–Kier alpha value is -3.29. The van der Waals surface area contributed by atoms with Gasteiger partial charge >= 0.3 is 0 Å². The molecule has 1 amide bonds. The molecule has 1 saturated heterocycles. The first-order valence-corrected chi connectivity index (χ1v) is 9.78. The Morgan fingerprint density at radius 3 is 2.90 bits per heavy atom. The zero-order chi connectivity index (χ0) is 21.1. The van der Waals surface area contributed by atoms with E-state index in [0.717, 1.165) is 5.57 Å². The quantitative estimate of drug-likeness (QED) is 0.553. The van der Waals surface area contributed by atoms with Gasteiger partial charge in [-0.3, -0.25) is 9.20 Å². The first kappa shape index (κ1) is 20.0. The van der Waals surface area contributed by atoms with Crippen molar-refractivity contribution in [3.8, 4) is 5.88 Å². The molecule has 2 aromatic heterocycles. The SMILES string of the molecule is C=C(CCC(=O)N1CC(F)CC1c1cccc(F)c1)COc1cccc2nncn12. The van der Waals surface area contributed by atoms with E-state index in [2.05, 4.69) is 16.8 Å². The van der Waals surface area contributed by atoms with E-state index < -0.39 is 18.0 Å². The van der Waals surface area contributed by atoms with Crippen molar-refractivity contribution < 1.29 is 18.3 Å². The summed E-state index contributed by atoms with van der Waals surface area (Å²) in [5.74, 6) is 0.0123. The summed E-state index contributed by atoms with van der Waals surface area (Å²) in [6.45, 7) is 4.25. The number of aromatic nitrogens is 3. The summed E-state index contributed by atoms with van der Waals surface area (Å²) in [5.41, 5.74) is 2.03. The van der Waals surface area contributed by atoms with Gasteiger partial charge in [0.25, 0.3) is 0 Å². The predicted molar refractivity (Wildman–Crippen MR) is 107 cm³/mol. The topological polar surface area (TPSA) is 59.7 Å². The van der Waals surface area contributed by atoms with Crippen LogP contribution in [-0.4, -0.2) is 44.7 Å². The maximum Gasteiger partial charge on any atom is 0.223 e. The van der Waals surface area contributed by atoms with Crippen LogP contribution < -0.4 is 4.74 Å². The van der Waals surface area contributed by atoms with Gasteiger partial charge in [0.15, 0.2) is 5.65 Å². The number of halogens is 2. The standard InChI is InChI=1S/C22H22F2N4O2/c1-15(13-30-22-7-3-6-20-26-25-14-28(20)22)8-9-21(29)27-12-18(24)11-19(27)16-4-2-5-17(23)10-16/h2-7,10,14,18-19H,1,8-9,11-13H2. The van der Waals surface area contributed by atoms with Gasteiger partial charge in [-0.15, -0.1) is 10.2 Å². The van der Waals surface area contributed by atoms with Crippen molar-refractivity contribution >= 4 is 11.6 Å². The van der Waals surface area contributed by atoms with Gasteiger partial charge < -0.3 is 9.64 Å². The first-order chi connectivity index (χ1) is 14.5. The maximum atomic E-state index is 14.0. The van der Waals surface area contributed by atoms with Gasteiger partial charge in [0, 0.05) is 12.8 Å². The Morgan fingerprint density at radius 2 is 2.07 bits per heavy atom. The van der Waals surface area contributed by atoms with Crippen LogP contribution in [0.4, 0.5) is 8.78 Å². The maximum absolute atomic E-state index is 14.0. The molecule has 0 bridgehead atoms. The Balaban J connectivity index is 1.33. The minimum absolute atomic E-state index is 0.0264. The Labute approximate surface area is 172 Å². The van der Waals surface area contributed by atoms with Crippen LogP contribution in [0.2, 0.25) is 0 Å². The number of nitrogens with zero attached hydrogens (tertiary/aromatic N) is 4. The van der Waals surface area contributed by atoms with E-state index in [9.17, 15) is 13.6 Å². The highest BCUT2D eigenvalue weighted by Gasteiger charge is 2.36. The second-order valence-corrected chi connectivity index (χ2v) is 7.41. The number of pyridine rings is 1. The number of carbonyl (C=O) groups is 1. The van der Waals surface area contributed by atoms with Crippen LogP contribution in [-0.2, 0) is 4.79 Å². The van der Waals surface area contributed by atoms with Gasteiger partial charge in [0.05, 0.1) is 12.6 Å². The van der Waals surface area contributed by atoms with Crippen LogP contribution in [0.3, 0.4) is 0 Å². The molecule has 4 rings (SSSR count). The number of carbonyl (C=O) groups excluding carboxylic acids is 1. The van der Waals surface area contributed by atoms with Gasteiger partial charge in [-0.05, 0) is 41.8 Å². The predicted octanol–water partition coefficient (Wildman–Crippen LogP) is 3.90. The molecule has 1 aromatic carbocycles. The third-order valence-corrected chi connectivity index (χ3v) is 5.22. The molecule has 0 aliphatic carbocycles. The van der Waals surface area contributed by atoms with Gasteiger partial charge in [0.1, 0.15) is 24.9 Å². The summed E-state index contributed by atoms with van der Waals surface area (Å²) >= 11 is 0. The minimum Gasteiger partial charge on any atom is -0.474 e. The zero-order valence-electron chi connectivity index (χ0n) is 16.4. The third-order valence-electron chi connectivity index (χ3n) is 5.22. The second-order valence-electron chi connectivity index (χ2n) is 7.41. The van der Waals surface area contributed by atoms with E-state index in [1.807, 2.05) is 12.1 Å². The van der Waals surface area contributed by atoms with Gasteiger partial charge in [-0.25, -0.2) is 8.78 Å². The van der Waals surface area contributed by atoms with E-state index in [1.165, 1.54) is 17.0 Å². The average Bonchev–Trinajstić information content (AvgIpc) is 3.37. The molecule has 0 saturated carbocycles. The third kappa shape index (κ3) is 4.32. The van der Waals surface area contributed by atoms with Crippen LogP contribution >= 0.6 is 0 Å². The largest absolute Gasteiger partial charge is 0.474 e. The van der Waals surface area contributed by atoms with Gasteiger partial charge in [-0.2, -0.15) is 0 Å². The molecule has 3 heterocycles. The number of hydrogen-bond donors (Lipinski definition) is 0. The number of alkyl halides is 1. The Bertz CT molecular complexity index is 1070. The molecular weight excluding hydrogens is 390 g/mol. The smallest absolute Gasteiger partial charge is 0.223 e. The fraction of sp³-hybridized carbons (Fsp3) is 0.318. The number of ether oxygens (including phenoxy) is 1. The number of amides is 1. The van der Waals surface area contributed by atoms with Crippen LogP contribution in [0.15, 0.2) is 60.9 Å². The fourth-order valence-electron chi connectivity index (χ4n) is 3.71. The lowest BCUT2D eigenvalue weighted by atomic mass is 10.0. The number of rotatable bonds is 7. The summed E-state index contributed by atoms with van der Waals surface area (Å²) in [6, 6.07) is 11.0. The summed E-state index contributed by atoms with van der Waals surface area (Å²) in [4.78, 5) is 14.2. The lowest BCUT2D eigenvalue weighted by Crippen LogP contribution is -2.31. The number of fused-ring (bicyclic) bond motifs is 1. The van der Waals surface area contributed by atoms with Crippen molar-refractivity contribution in [3.63, 3.8) is 0 Å². The van der Waals surface area contributed by atoms with E-state index in [4.69, 9.17) is 4.74 Å². The van der Waals surface area contributed by atoms with Crippen molar-refractivity contribution in [2.24, 2.45) is 0 Å². The first-order valence-electron chi connectivity index (χ1n) is 9.78. The van der Waals surface area contributed by atoms with Crippen molar-refractivity contribution in [1.29, 1.82) is 0 Å². The van der Waals surface area contributed by atoms with Crippen LogP contribution in [0.25, 0.3) is 5.65 Å². The molecule has 156 valence electrons. The summed E-state index contributed by atoms with van der Waals surface area (Å²) in [7, 11) is 0. The number of benzene rings is 1. The lowest BCUT2D eigenvalue weighted by Gasteiger charge is -2.25. The highest BCUT2D eigenvalue weighted by molar-refractivity contribution is 5.77. The second kappa shape index (κ2) is 8.61. The molecule has 2 unspecified atom stereocenters. The molecule has 0 radical (unpaired) electrons. The molecule has 1 fully saturated rings. The number of likely N-dealkylation sites (tertiary alicyclic amines) is 1. The molecule has 1 aliphatic heterocycles. The average molecular weight is 412 g/mol. The minimum atomic E-state index is -1.11. The Morgan fingerprint density at radius 1 is 1.23 bits per heavy atom. The van der Waals surface area contributed by atoms with Gasteiger partial charge in [-0.1, -0.05) is 24.8 Å². The summed E-state index contributed by atoms with van der Waals surface area (Å²) in [5, 5.41) is 7.80. The molecule has 8 heteroatoms. The molecule has 30 heavy (non-hydrogen) atoms. The normalized spacial score (nSPS) is 18.7. The fourth-order valence-corrected chi connectivity index (χ4v) is 3.71. The highest BCUT2D eigenvalue weighted by Crippen LogP contribution is 2.34. The van der Waals surface area contributed by atoms with Crippen molar-refractivity contribution in [2.45, 2.75) is 31.5 Å². The van der Waals surface area contributed by atoms with Crippen molar-refractivity contribution in [3.05, 3.63) is 72.3 Å². The van der Waals surface area contributed by atoms with Crippen molar-refractivity contribution in [2.75, 3.05) is 13.2 Å². The zero-order valence-corrected chi connectivity index (χ0v) is 16.4. The molecular formula is C22H22F2N4O2. The van der Waals surface area contributed by atoms with Crippen LogP contribution in [0, 0.1) is 5.82 Å². The monoisotopic (exact) mass is 412 g/mol. The molecule has 0 spiro atoms. The molecule has 0 N–H and O–H groups in total. The van der Waals surface area contributed by atoms with E-state index in [1.54, 1.807) is 28.9 Å². The molecule has 2 atom stereocenters. The van der Waals surface area contributed by atoms with Gasteiger partial charge in [0.2, 0.25) is 11.8 Å². The highest BCUT2D eigenvalue weighted by atomic mass is 19.1. The molecule has 6 nitrogen and oxygen atoms in total. The lowest BCUT2D eigenvalue weighted by molar-refractivity contribution is -0.132. The van der Waals surface area contributed by atoms with E-state index in [-0.39, 0.29) is 31.9 Å². The van der Waals surface area contributed by atoms with Crippen LogP contribution in [0.5, 0.6) is 5.88 Å². The Kier molecular flexibility index (Phi) is 5.74. The van der Waals surface area contributed by atoms with Crippen LogP contribution in [0.1, 0.15) is 30.9 Å². The van der Waals surface area contributed by atoms with E-state index >= 15 is 0 Å². The summed E-state index contributed by atoms with van der Waals surface area (Å²) < 4.78 is 35.1. The number of hydrogen-bond acceptors (Lipinski definition) is 4. The van der Waals surface area contributed by atoms with E-state index in [0.29, 0.717) is 23.5 Å². The molecule has 1 aliphatic rings. The van der Waals surface area contributed by atoms with Crippen molar-refractivity contribution in [1.82, 2.24) is 19.5 Å². The molecule has 3 aromatic rings. The summed E-state index contributed by atoms with van der Waals surface area (Å²) in [6.07, 6.45) is 1.24.